The number of nitriles is 1. The maximum Gasteiger partial charge on any atom is 0.310 e. The molecule has 2 aromatic rings. The number of rotatable bonds is 4. The van der Waals surface area contributed by atoms with Gasteiger partial charge in [0.25, 0.3) is 10.0 Å². The highest BCUT2D eigenvalue weighted by Gasteiger charge is 2.65. The third kappa shape index (κ3) is 4.53. The molecule has 136 valence electrons. The molecule has 0 aliphatic heterocycles. The molecule has 2 aromatic carbocycles. The molecule has 0 saturated carbocycles. The van der Waals surface area contributed by atoms with Crippen LogP contribution in [0.25, 0.3) is 0 Å². The maximum atomic E-state index is 12.6. The van der Waals surface area contributed by atoms with Crippen molar-refractivity contribution in [2.24, 2.45) is 0 Å². The molecular weight excluding hydrogens is 411 g/mol. The Morgan fingerprint density at radius 1 is 1.00 bits per heavy atom. The van der Waals surface area contributed by atoms with Crippen LogP contribution >= 0.6 is 21.8 Å². The molecule has 2 rings (SSSR count). The summed E-state index contributed by atoms with van der Waals surface area (Å²) < 4.78 is 89.5. The van der Waals surface area contributed by atoms with Gasteiger partial charge in [-0.1, -0.05) is 31.0 Å². The molecule has 25 heavy (non-hydrogen) atoms. The van der Waals surface area contributed by atoms with Crippen LogP contribution in [0.1, 0.15) is 5.56 Å². The number of benzene rings is 2. The highest BCUT2D eigenvalue weighted by Crippen LogP contribution is 3.02. The fraction of sp³-hybridized carbons (Fsp3) is 0. The van der Waals surface area contributed by atoms with Gasteiger partial charge in [-0.3, -0.25) is 4.72 Å². The van der Waals surface area contributed by atoms with Crippen LogP contribution in [-0.4, -0.2) is 8.42 Å². The lowest BCUT2D eigenvalue weighted by Crippen LogP contribution is -2.14. The van der Waals surface area contributed by atoms with Crippen molar-refractivity contribution in [3.63, 3.8) is 0 Å². The zero-order valence-corrected chi connectivity index (χ0v) is 14.3. The van der Waals surface area contributed by atoms with Gasteiger partial charge in [-0.15, -0.1) is 0 Å². The minimum Gasteiger partial charge on any atom is -0.278 e. The fourth-order valence-electron chi connectivity index (χ4n) is 1.78. The lowest BCUT2D eigenvalue weighted by molar-refractivity contribution is 0.364. The van der Waals surface area contributed by atoms with Crippen LogP contribution in [0.15, 0.2) is 52.3 Å². The summed E-state index contributed by atoms with van der Waals surface area (Å²) in [6.45, 7) is 0. The van der Waals surface area contributed by atoms with Crippen LogP contribution in [0.4, 0.5) is 25.1 Å². The number of sulfonamides is 1. The molecule has 0 amide bonds. The first-order valence-corrected chi connectivity index (χ1v) is 10.0. The number of hydrogen-bond acceptors (Lipinski definition) is 3. The van der Waals surface area contributed by atoms with Crippen molar-refractivity contribution < 1.29 is 27.8 Å². The molecule has 0 aliphatic carbocycles. The van der Waals surface area contributed by atoms with Gasteiger partial charge >= 0.3 is 10.2 Å². The van der Waals surface area contributed by atoms with Gasteiger partial charge < -0.3 is 0 Å². The largest absolute Gasteiger partial charge is 0.310 e. The second kappa shape index (κ2) is 5.23. The predicted molar refractivity (Wildman–Crippen MR) is 84.8 cm³/mol. The second-order valence-electron chi connectivity index (χ2n) is 4.85. The molecule has 0 saturated heterocycles. The summed E-state index contributed by atoms with van der Waals surface area (Å²) in [5.74, 6) is 0. The smallest absolute Gasteiger partial charge is 0.278 e. The topological polar surface area (TPSA) is 70.0 Å². The maximum absolute atomic E-state index is 12.6. The predicted octanol–water partition coefficient (Wildman–Crippen LogP) is 5.67. The summed E-state index contributed by atoms with van der Waals surface area (Å²) in [5, 5.41) is 9.11. The molecule has 0 radical (unpaired) electrons. The Morgan fingerprint density at radius 2 is 1.56 bits per heavy atom. The molecule has 0 fully saturated rings. The van der Waals surface area contributed by atoms with E-state index < -0.39 is 30.0 Å². The lowest BCUT2D eigenvalue weighted by Gasteiger charge is -2.40. The highest BCUT2D eigenvalue weighted by molar-refractivity contribution is 8.45. The van der Waals surface area contributed by atoms with E-state index in [4.69, 9.17) is 16.9 Å². The van der Waals surface area contributed by atoms with E-state index in [1.54, 1.807) is 6.07 Å². The number of hydrogen-bond donors (Lipinski definition) is 1. The quantitative estimate of drug-likeness (QED) is 0.650. The number of nitrogens with zero attached hydrogens (tertiary/aromatic N) is 1. The zero-order chi connectivity index (χ0) is 19.2. The van der Waals surface area contributed by atoms with E-state index >= 15 is 0 Å². The summed E-state index contributed by atoms with van der Waals surface area (Å²) >= 11 is 5.67. The van der Waals surface area contributed by atoms with Gasteiger partial charge in [-0.05, 0) is 42.5 Å². The second-order valence-corrected chi connectivity index (χ2v) is 9.38. The summed E-state index contributed by atoms with van der Waals surface area (Å²) in [4.78, 5) is -2.89. The van der Waals surface area contributed by atoms with Crippen LogP contribution in [0.2, 0.25) is 5.02 Å². The van der Waals surface area contributed by atoms with E-state index in [9.17, 15) is 27.8 Å². The van der Waals surface area contributed by atoms with E-state index in [-0.39, 0.29) is 28.4 Å². The molecule has 12 heteroatoms. The Kier molecular flexibility index (Phi) is 4.04. The molecule has 0 bridgehead atoms. The number of nitrogens with one attached hydrogen (secondary N) is 1. The monoisotopic (exact) mass is 418 g/mol. The van der Waals surface area contributed by atoms with Crippen molar-refractivity contribution in [2.45, 2.75) is 9.79 Å². The lowest BCUT2D eigenvalue weighted by atomic mass is 10.2. The molecule has 1 N–H and O–H groups in total. The normalized spacial score (nSPS) is 14.9. The number of halogens is 6. The highest BCUT2D eigenvalue weighted by atomic mass is 35.5. The molecule has 0 unspecified atom stereocenters. The van der Waals surface area contributed by atoms with E-state index in [2.05, 4.69) is 0 Å². The van der Waals surface area contributed by atoms with Gasteiger partial charge in [0.15, 0.2) is 0 Å². The molecular formula is C13H8ClF5N2O2S2. The van der Waals surface area contributed by atoms with Gasteiger partial charge in [0.2, 0.25) is 0 Å². The van der Waals surface area contributed by atoms with Gasteiger partial charge in [0, 0.05) is 5.02 Å². The van der Waals surface area contributed by atoms with Crippen LogP contribution < -0.4 is 4.72 Å². The molecule has 0 aromatic heterocycles. The Bertz CT molecular complexity index is 985. The van der Waals surface area contributed by atoms with Gasteiger partial charge in [0.05, 0.1) is 16.1 Å². The molecule has 0 heterocycles. The minimum atomic E-state index is -9.89. The van der Waals surface area contributed by atoms with Crippen molar-refractivity contribution >= 4 is 37.5 Å². The molecule has 0 spiro atoms. The Morgan fingerprint density at radius 3 is 2.04 bits per heavy atom. The van der Waals surface area contributed by atoms with Crippen LogP contribution in [0.5, 0.6) is 0 Å². The average Bonchev–Trinajstić information content (AvgIpc) is 2.47. The van der Waals surface area contributed by atoms with Crippen LogP contribution in [0.3, 0.4) is 0 Å². The third-order valence-corrected chi connectivity index (χ3v) is 5.71. The van der Waals surface area contributed by atoms with Gasteiger partial charge in [-0.25, -0.2) is 8.42 Å². The zero-order valence-electron chi connectivity index (χ0n) is 11.9. The van der Waals surface area contributed by atoms with Crippen molar-refractivity contribution in [3.05, 3.63) is 53.1 Å². The van der Waals surface area contributed by atoms with Gasteiger partial charge in [0.1, 0.15) is 11.0 Å². The SMILES string of the molecule is N#Cc1cc(Cl)ccc1NS(=O)(=O)c1ccc(S(F)(F)(F)(F)F)cc1. The summed E-state index contributed by atoms with van der Waals surface area (Å²) in [7, 11) is -14.3. The molecule has 0 atom stereocenters. The van der Waals surface area contributed by atoms with Crippen molar-refractivity contribution in [1.82, 2.24) is 0 Å². The van der Waals surface area contributed by atoms with E-state index in [0.29, 0.717) is 12.1 Å². The Labute approximate surface area is 144 Å². The van der Waals surface area contributed by atoms with Crippen molar-refractivity contribution in [2.75, 3.05) is 4.72 Å². The molecule has 4 nitrogen and oxygen atoms in total. The summed E-state index contributed by atoms with van der Waals surface area (Å²) in [6, 6.07) is 6.12. The summed E-state index contributed by atoms with van der Waals surface area (Å²) in [6.07, 6.45) is 0. The van der Waals surface area contributed by atoms with E-state index in [1.807, 2.05) is 4.72 Å². The minimum absolute atomic E-state index is 0.0107. The fourth-order valence-corrected chi connectivity index (χ4v) is 3.68. The van der Waals surface area contributed by atoms with Gasteiger partial charge in [-0.2, -0.15) is 5.26 Å². The first kappa shape index (κ1) is 19.3. The van der Waals surface area contributed by atoms with E-state index in [0.717, 1.165) is 0 Å². The first-order chi connectivity index (χ1) is 11.1. The Balaban J connectivity index is 2.41. The Hall–Kier alpha value is -2.03. The summed E-state index contributed by atoms with van der Waals surface area (Å²) in [5.41, 5.74) is -0.289. The van der Waals surface area contributed by atoms with Crippen LogP contribution in [-0.2, 0) is 10.0 Å². The molecule has 0 aliphatic rings. The third-order valence-electron chi connectivity index (χ3n) is 2.93. The first-order valence-electron chi connectivity index (χ1n) is 6.19. The number of anilines is 1. The standard InChI is InChI=1S/C13H8ClF5N2O2S2/c14-10-1-6-13(9(7-10)8-20)21-24(22,23)11-2-4-12(5-3-11)25(15,16,17,18)19/h1-7,21H. The van der Waals surface area contributed by atoms with E-state index in [1.165, 1.54) is 18.2 Å². The van der Waals surface area contributed by atoms with Crippen molar-refractivity contribution in [3.8, 4) is 6.07 Å². The van der Waals surface area contributed by atoms with Crippen molar-refractivity contribution in [1.29, 1.82) is 5.26 Å². The van der Waals surface area contributed by atoms with Crippen LogP contribution in [0, 0.1) is 11.3 Å². The average molecular weight is 419 g/mol.